The van der Waals surface area contributed by atoms with Gasteiger partial charge in [-0.2, -0.15) is 0 Å². The van der Waals surface area contributed by atoms with Crippen LogP contribution >= 0.6 is 0 Å². The molecule has 2 saturated heterocycles. The zero-order valence-corrected chi connectivity index (χ0v) is 17.7. The van der Waals surface area contributed by atoms with Gasteiger partial charge in [-0.3, -0.25) is 4.90 Å². The van der Waals surface area contributed by atoms with Crippen LogP contribution in [0.2, 0.25) is 0 Å². The van der Waals surface area contributed by atoms with Gasteiger partial charge in [-0.05, 0) is 59.9 Å². The topological polar surface area (TPSA) is 76.7 Å². The summed E-state index contributed by atoms with van der Waals surface area (Å²) < 4.78 is 12.2. The molecule has 0 amide bonds. The number of nitrogens with two attached hydrogens (primary N) is 1. The lowest BCUT2D eigenvalue weighted by Gasteiger charge is -2.32. The molecule has 1 atom stereocenters. The zero-order valence-electron chi connectivity index (χ0n) is 17.7. The molecule has 3 fully saturated rings. The molecule has 28 heavy (non-hydrogen) atoms. The maximum absolute atomic E-state index is 6.12. The van der Waals surface area contributed by atoms with Crippen molar-refractivity contribution in [3.8, 4) is 0 Å². The molecule has 3 aliphatic rings. The molecule has 1 aromatic heterocycles. The third kappa shape index (κ3) is 3.92. The quantitative estimate of drug-likeness (QED) is 0.704. The Hall–Kier alpha value is -1.22. The Bertz CT molecular complexity index is 664. The Morgan fingerprint density at radius 2 is 1.79 bits per heavy atom. The van der Waals surface area contributed by atoms with Crippen molar-refractivity contribution < 1.29 is 9.31 Å². The van der Waals surface area contributed by atoms with Crippen LogP contribution in [0.3, 0.4) is 0 Å². The molecule has 1 saturated carbocycles. The number of anilines is 1. The Kier molecular flexibility index (Phi) is 5.42. The first-order valence-electron chi connectivity index (χ1n) is 10.7. The first-order valence-corrected chi connectivity index (χ1v) is 10.7. The maximum Gasteiger partial charge on any atom is 0.498 e. The van der Waals surface area contributed by atoms with E-state index in [1.54, 1.807) is 0 Å². The van der Waals surface area contributed by atoms with Crippen LogP contribution in [0.15, 0.2) is 12.4 Å². The summed E-state index contributed by atoms with van der Waals surface area (Å²) in [6.45, 7) is 12.1. The second-order valence-electron chi connectivity index (χ2n) is 9.41. The van der Waals surface area contributed by atoms with Gasteiger partial charge in [0, 0.05) is 49.6 Å². The van der Waals surface area contributed by atoms with E-state index in [2.05, 4.69) is 37.5 Å². The van der Waals surface area contributed by atoms with Gasteiger partial charge in [-0.1, -0.05) is 0 Å². The Morgan fingerprint density at radius 1 is 1.14 bits per heavy atom. The molecule has 0 aromatic carbocycles. The van der Waals surface area contributed by atoms with E-state index in [0.29, 0.717) is 12.1 Å². The van der Waals surface area contributed by atoms with Gasteiger partial charge in [0.15, 0.2) is 0 Å². The van der Waals surface area contributed by atoms with Gasteiger partial charge < -0.3 is 19.9 Å². The second kappa shape index (κ2) is 7.56. The summed E-state index contributed by atoms with van der Waals surface area (Å²) in [5, 5.41) is 0. The lowest BCUT2D eigenvalue weighted by atomic mass is 9.81. The average molecular weight is 387 g/mol. The van der Waals surface area contributed by atoms with E-state index in [1.165, 1.54) is 25.7 Å². The van der Waals surface area contributed by atoms with Gasteiger partial charge in [0.05, 0.1) is 11.2 Å². The molecule has 1 unspecified atom stereocenters. The Labute approximate surface area is 169 Å². The SMILES string of the molecule is CC1(C)OB(c2cnc(N(CC3CCCN3CCN)C3CC3)nc2)OC1(C)C. The molecule has 0 radical (unpaired) electrons. The number of nitrogens with zero attached hydrogens (tertiary/aromatic N) is 4. The molecular weight excluding hydrogens is 353 g/mol. The molecule has 7 nitrogen and oxygen atoms in total. The van der Waals surface area contributed by atoms with E-state index >= 15 is 0 Å². The molecule has 1 aromatic rings. The minimum atomic E-state index is -0.414. The van der Waals surface area contributed by atoms with E-state index in [0.717, 1.165) is 37.6 Å². The fourth-order valence-electron chi connectivity index (χ4n) is 4.15. The van der Waals surface area contributed by atoms with Crippen molar-refractivity contribution in [3.63, 3.8) is 0 Å². The fourth-order valence-corrected chi connectivity index (χ4v) is 4.15. The van der Waals surface area contributed by atoms with Crippen LogP contribution in [0.25, 0.3) is 0 Å². The van der Waals surface area contributed by atoms with Crippen molar-refractivity contribution >= 4 is 18.5 Å². The summed E-state index contributed by atoms with van der Waals surface area (Å²) >= 11 is 0. The van der Waals surface area contributed by atoms with Crippen LogP contribution in [-0.4, -0.2) is 71.5 Å². The van der Waals surface area contributed by atoms with E-state index in [4.69, 9.17) is 25.0 Å². The molecular formula is C20H34BN5O2. The minimum Gasteiger partial charge on any atom is -0.399 e. The van der Waals surface area contributed by atoms with Crippen molar-refractivity contribution in [2.24, 2.45) is 5.73 Å². The molecule has 2 N–H and O–H groups in total. The van der Waals surface area contributed by atoms with Crippen LogP contribution in [-0.2, 0) is 9.31 Å². The summed E-state index contributed by atoms with van der Waals surface area (Å²) in [5.41, 5.74) is 5.96. The highest BCUT2D eigenvalue weighted by atomic mass is 16.7. The average Bonchev–Trinajstić information content (AvgIpc) is 3.34. The van der Waals surface area contributed by atoms with Crippen molar-refractivity contribution in [1.82, 2.24) is 14.9 Å². The van der Waals surface area contributed by atoms with Crippen LogP contribution in [0.5, 0.6) is 0 Å². The van der Waals surface area contributed by atoms with Crippen molar-refractivity contribution in [1.29, 1.82) is 0 Å². The molecule has 3 heterocycles. The first kappa shape index (κ1) is 20.1. The minimum absolute atomic E-state index is 0.356. The van der Waals surface area contributed by atoms with Crippen LogP contribution in [0.1, 0.15) is 53.4 Å². The Morgan fingerprint density at radius 3 is 2.36 bits per heavy atom. The summed E-state index contributed by atoms with van der Waals surface area (Å²) in [6.07, 6.45) is 8.68. The summed E-state index contributed by atoms with van der Waals surface area (Å²) in [5.74, 6) is 0.822. The highest BCUT2D eigenvalue weighted by Gasteiger charge is 2.52. The molecule has 1 aliphatic carbocycles. The highest BCUT2D eigenvalue weighted by molar-refractivity contribution is 6.61. The van der Waals surface area contributed by atoms with E-state index in [9.17, 15) is 0 Å². The number of likely N-dealkylation sites (tertiary alicyclic amines) is 1. The van der Waals surface area contributed by atoms with Crippen LogP contribution < -0.4 is 16.1 Å². The number of aromatic nitrogens is 2. The molecule has 154 valence electrons. The fraction of sp³-hybridized carbons (Fsp3) is 0.800. The van der Waals surface area contributed by atoms with E-state index in [1.807, 2.05) is 12.4 Å². The standard InChI is InChI=1S/C20H34BN5O2/c1-19(2)20(3,4)28-21(27-19)15-12-23-18(24-13-15)26(16-7-8-16)14-17-6-5-10-25(17)11-9-22/h12-13,16-17H,5-11,14,22H2,1-4H3. The molecule has 4 rings (SSSR count). The number of hydrogen-bond acceptors (Lipinski definition) is 7. The van der Waals surface area contributed by atoms with Crippen molar-refractivity contribution in [3.05, 3.63) is 12.4 Å². The lowest BCUT2D eigenvalue weighted by molar-refractivity contribution is 0.00578. The third-order valence-corrected chi connectivity index (χ3v) is 6.75. The lowest BCUT2D eigenvalue weighted by Crippen LogP contribution is -2.44. The second-order valence-corrected chi connectivity index (χ2v) is 9.41. The van der Waals surface area contributed by atoms with Crippen LogP contribution in [0, 0.1) is 0 Å². The molecule has 0 bridgehead atoms. The summed E-state index contributed by atoms with van der Waals surface area (Å²) in [6, 6.07) is 1.12. The van der Waals surface area contributed by atoms with Gasteiger partial charge >= 0.3 is 7.12 Å². The Balaban J connectivity index is 1.46. The predicted octanol–water partition coefficient (Wildman–Crippen LogP) is 1.17. The van der Waals surface area contributed by atoms with E-state index in [-0.39, 0.29) is 11.2 Å². The molecule has 0 spiro atoms. The van der Waals surface area contributed by atoms with E-state index < -0.39 is 7.12 Å². The van der Waals surface area contributed by atoms with Gasteiger partial charge in [-0.25, -0.2) is 9.97 Å². The largest absolute Gasteiger partial charge is 0.498 e. The summed E-state index contributed by atoms with van der Waals surface area (Å²) in [4.78, 5) is 14.3. The van der Waals surface area contributed by atoms with Crippen LogP contribution in [0.4, 0.5) is 5.95 Å². The smallest absolute Gasteiger partial charge is 0.399 e. The number of rotatable bonds is 7. The zero-order chi connectivity index (χ0) is 19.9. The predicted molar refractivity (Wildman–Crippen MR) is 112 cm³/mol. The monoisotopic (exact) mass is 387 g/mol. The molecule has 2 aliphatic heterocycles. The van der Waals surface area contributed by atoms with Crippen molar-refractivity contribution in [2.75, 3.05) is 31.1 Å². The van der Waals surface area contributed by atoms with Crippen molar-refractivity contribution in [2.45, 2.75) is 76.7 Å². The summed E-state index contributed by atoms with van der Waals surface area (Å²) in [7, 11) is -0.414. The highest BCUT2D eigenvalue weighted by Crippen LogP contribution is 2.36. The van der Waals surface area contributed by atoms with Gasteiger partial charge in [0.25, 0.3) is 0 Å². The molecule has 8 heteroatoms. The van der Waals surface area contributed by atoms with Gasteiger partial charge in [-0.15, -0.1) is 0 Å². The first-order chi connectivity index (χ1) is 13.3. The maximum atomic E-state index is 6.12. The normalized spacial score (nSPS) is 26.8. The number of hydrogen-bond donors (Lipinski definition) is 1. The van der Waals surface area contributed by atoms with Gasteiger partial charge in [0.2, 0.25) is 5.95 Å². The van der Waals surface area contributed by atoms with Gasteiger partial charge in [0.1, 0.15) is 0 Å². The third-order valence-electron chi connectivity index (χ3n) is 6.75.